The summed E-state index contributed by atoms with van der Waals surface area (Å²) in [5, 5.41) is 42.8. The number of carboxylic acid groups (broad SMARTS) is 3. The highest BCUT2D eigenvalue weighted by Gasteiger charge is 2.36. The summed E-state index contributed by atoms with van der Waals surface area (Å²) in [6.07, 6.45) is -1.19. The Balaban J connectivity index is 6.35. The Morgan fingerprint density at radius 2 is 0.931 bits per heavy atom. The van der Waals surface area contributed by atoms with Crippen LogP contribution in [0.2, 0.25) is 0 Å². The van der Waals surface area contributed by atoms with Gasteiger partial charge >= 0.3 is 17.9 Å². The minimum Gasteiger partial charge on any atom is -0.481 e. The molecule has 0 saturated heterocycles. The van der Waals surface area contributed by atoms with Gasteiger partial charge in [-0.25, -0.2) is 8.42 Å². The molecule has 0 saturated carbocycles. The minimum absolute atomic E-state index is 0.126. The summed E-state index contributed by atoms with van der Waals surface area (Å²) in [6, 6.07) is -9.38. The van der Waals surface area contributed by atoms with Crippen LogP contribution in [0.4, 0.5) is 0 Å². The van der Waals surface area contributed by atoms with Crippen molar-refractivity contribution >= 4 is 74.9 Å². The lowest BCUT2D eigenvalue weighted by atomic mass is 9.98. The van der Waals surface area contributed by atoms with Crippen LogP contribution in [-0.4, -0.2) is 144 Å². The van der Waals surface area contributed by atoms with Crippen LogP contribution in [0.15, 0.2) is 0 Å². The summed E-state index contributed by atoms with van der Waals surface area (Å²) in [7, 11) is -4.02. The minimum atomic E-state index is -4.02. The largest absolute Gasteiger partial charge is 0.481 e. The Morgan fingerprint density at radius 1 is 0.534 bits per heavy atom. The topological polar surface area (TPSA) is 367 Å². The van der Waals surface area contributed by atoms with Crippen molar-refractivity contribution in [3.63, 3.8) is 0 Å². The molecule has 6 atom stereocenters. The number of hydrogen-bond acceptors (Lipinski definition) is 13. The van der Waals surface area contributed by atoms with Gasteiger partial charge in [0.25, 0.3) is 5.91 Å². The Morgan fingerprint density at radius 3 is 1.34 bits per heavy atom. The molecule has 0 aliphatic heterocycles. The quantitative estimate of drug-likeness (QED) is 0.0360. The molecule has 23 nitrogen and oxygen atoms in total. The zero-order valence-electron chi connectivity index (χ0n) is 33.3. The van der Waals surface area contributed by atoms with Crippen molar-refractivity contribution in [2.24, 2.45) is 11.8 Å². The predicted octanol–water partition coefficient (Wildman–Crippen LogP) is -3.43. The predicted molar refractivity (Wildman–Crippen MR) is 201 cm³/mol. The molecule has 7 amide bonds. The van der Waals surface area contributed by atoms with Crippen LogP contribution in [0, 0.1) is 11.8 Å². The molecule has 0 aromatic rings. The number of aliphatic carboxylic acids is 3. The van der Waals surface area contributed by atoms with E-state index < -0.39 is 155 Å². The van der Waals surface area contributed by atoms with Crippen LogP contribution in [0.3, 0.4) is 0 Å². The molecule has 0 fully saturated rings. The molecule has 0 heterocycles. The zero-order valence-corrected chi connectivity index (χ0v) is 34.1. The van der Waals surface area contributed by atoms with E-state index in [1.165, 1.54) is 27.7 Å². The van der Waals surface area contributed by atoms with Gasteiger partial charge in [-0.3, -0.25) is 52.7 Å². The maximum absolute atomic E-state index is 13.7. The summed E-state index contributed by atoms with van der Waals surface area (Å²) in [4.78, 5) is 137. The van der Waals surface area contributed by atoms with E-state index >= 15 is 0 Å². The second-order valence-electron chi connectivity index (χ2n) is 14.1. The van der Waals surface area contributed by atoms with Crippen molar-refractivity contribution < 1.29 is 76.5 Å². The molecule has 58 heavy (non-hydrogen) atoms. The molecule has 0 bridgehead atoms. The lowest BCUT2D eigenvalue weighted by molar-refractivity contribution is -0.143. The van der Waals surface area contributed by atoms with Gasteiger partial charge in [-0.15, -0.1) is 0 Å². The second-order valence-corrected chi connectivity index (χ2v) is 16.3. The zero-order chi connectivity index (χ0) is 45.1. The fourth-order valence-corrected chi connectivity index (χ4v) is 5.98. The third-order valence-electron chi connectivity index (χ3n) is 8.05. The molecule has 0 rings (SSSR count). The number of ketones is 1. The molecule has 0 aromatic carbocycles. The number of carbonyl (C=O) groups excluding carboxylic acids is 8. The number of rotatable bonds is 27. The summed E-state index contributed by atoms with van der Waals surface area (Å²) in [6.45, 7) is 7.74. The van der Waals surface area contributed by atoms with Gasteiger partial charge < -0.3 is 52.5 Å². The number of nitrogens with one attached hydrogen (secondary N) is 7. The molecule has 0 aliphatic rings. The molecule has 24 heteroatoms. The van der Waals surface area contributed by atoms with E-state index in [9.17, 15) is 66.3 Å². The molecule has 0 aromatic heterocycles. The summed E-state index contributed by atoms with van der Waals surface area (Å²) < 4.78 is 24.6. The van der Waals surface area contributed by atoms with Gasteiger partial charge in [-0.2, -0.15) is 0 Å². The van der Waals surface area contributed by atoms with Gasteiger partial charge in [0, 0.05) is 26.0 Å². The van der Waals surface area contributed by atoms with Gasteiger partial charge in [0.1, 0.15) is 46.6 Å². The van der Waals surface area contributed by atoms with Crippen LogP contribution >= 0.6 is 0 Å². The average molecular weight is 850 g/mol. The van der Waals surface area contributed by atoms with E-state index in [4.69, 9.17) is 10.2 Å². The van der Waals surface area contributed by atoms with Crippen molar-refractivity contribution in [2.75, 3.05) is 18.6 Å². The Labute approximate surface area is 334 Å². The number of Topliss-reactive ketones (excluding diaryl/α,β-unsaturated/α-hetero) is 1. The highest BCUT2D eigenvalue weighted by molar-refractivity contribution is 7.90. The summed E-state index contributed by atoms with van der Waals surface area (Å²) in [5.74, 6) is -15.1. The van der Waals surface area contributed by atoms with Crippen molar-refractivity contribution in [3.05, 3.63) is 0 Å². The fraction of sp³-hybridized carbons (Fsp3) is 0.676. The maximum atomic E-state index is 13.7. The normalized spacial score (nSPS) is 14.3. The first-order valence-electron chi connectivity index (χ1n) is 18.1. The van der Waals surface area contributed by atoms with Crippen LogP contribution in [0.25, 0.3) is 0 Å². The van der Waals surface area contributed by atoms with Crippen molar-refractivity contribution in [2.45, 2.75) is 116 Å². The first kappa shape index (κ1) is 52.3. The third kappa shape index (κ3) is 20.5. The summed E-state index contributed by atoms with van der Waals surface area (Å²) in [5.41, 5.74) is 0. The van der Waals surface area contributed by atoms with E-state index in [2.05, 4.69) is 31.9 Å². The molecule has 0 aliphatic carbocycles. The van der Waals surface area contributed by atoms with Crippen molar-refractivity contribution in [1.82, 2.24) is 37.2 Å². The third-order valence-corrected chi connectivity index (χ3v) is 8.99. The van der Waals surface area contributed by atoms with E-state index in [1.807, 2.05) is 5.32 Å². The highest BCUT2D eigenvalue weighted by Crippen LogP contribution is 2.10. The molecule has 328 valence electrons. The Kier molecular flexibility index (Phi) is 22.4. The molecule has 0 radical (unpaired) electrons. The Bertz CT molecular complexity index is 1670. The molecule has 10 N–H and O–H groups in total. The lowest BCUT2D eigenvalue weighted by Crippen LogP contribution is -2.62. The lowest BCUT2D eigenvalue weighted by Gasteiger charge is -2.30. The fourth-order valence-electron chi connectivity index (χ4n) is 5.14. The second kappa shape index (κ2) is 24.8. The van der Waals surface area contributed by atoms with E-state index in [1.54, 1.807) is 6.92 Å². The number of amides is 7. The van der Waals surface area contributed by atoms with E-state index in [-0.39, 0.29) is 19.3 Å². The molecular weight excluding hydrogens is 794 g/mol. The van der Waals surface area contributed by atoms with Crippen LogP contribution in [0.1, 0.15) is 80.1 Å². The van der Waals surface area contributed by atoms with Gasteiger partial charge in [-0.05, 0) is 31.1 Å². The van der Waals surface area contributed by atoms with Gasteiger partial charge in [-0.1, -0.05) is 41.0 Å². The van der Waals surface area contributed by atoms with Gasteiger partial charge in [0.2, 0.25) is 41.2 Å². The van der Waals surface area contributed by atoms with Crippen LogP contribution in [-0.2, 0) is 62.6 Å². The van der Waals surface area contributed by atoms with Crippen LogP contribution in [0.5, 0.6) is 0 Å². The van der Waals surface area contributed by atoms with Crippen molar-refractivity contribution in [3.8, 4) is 0 Å². The first-order chi connectivity index (χ1) is 26.7. The average Bonchev–Trinajstić information content (AvgIpc) is 3.09. The van der Waals surface area contributed by atoms with Crippen molar-refractivity contribution in [1.29, 1.82) is 0 Å². The monoisotopic (exact) mass is 849 g/mol. The standard InChI is InChI=1S/C34H55N7O16S/c1-8-9-19(28(49)34(55)35-14-25(47)48)37-31(52)22(15-58(7,56)57)39-32(53)26(16(2)3)41-33(54)27(17(4)5)40-30(51)21(11-13-24(45)46)38-29(50)20(36-18(6)42)10-12-23(43)44/h16-17,19-22,26-27H,8-15H2,1-7H3,(H,35,55)(H,36,42)(H,37,52)(H,38,50)(H,39,53)(H,40,51)(H,41,54)(H,43,44)(H,45,46)(H,47,48). The molecule has 6 unspecified atom stereocenters. The van der Waals surface area contributed by atoms with Gasteiger partial charge in [0.05, 0.1) is 11.8 Å². The Hall–Kier alpha value is -5.68. The SMILES string of the molecule is CCCC(NC(=O)C(CS(C)(=O)=O)NC(=O)C(NC(=O)C(NC(=O)C(CCC(=O)O)NC(=O)C(CCC(=O)O)NC(C)=O)C(C)C)C(C)C)C(=O)C(=O)NCC(=O)O. The number of hydrogen-bond donors (Lipinski definition) is 10. The van der Waals surface area contributed by atoms with Gasteiger partial charge in [0.15, 0.2) is 0 Å². The molecule has 0 spiro atoms. The van der Waals surface area contributed by atoms with E-state index in [0.29, 0.717) is 0 Å². The van der Waals surface area contributed by atoms with Crippen LogP contribution < -0.4 is 37.2 Å². The maximum Gasteiger partial charge on any atom is 0.322 e. The number of sulfone groups is 1. The number of carboxylic acids is 3. The van der Waals surface area contributed by atoms with E-state index in [0.717, 1.165) is 13.2 Å². The summed E-state index contributed by atoms with van der Waals surface area (Å²) >= 11 is 0. The first-order valence-corrected chi connectivity index (χ1v) is 20.2. The molecular formula is C34H55N7O16S. The number of carbonyl (C=O) groups is 11. The smallest absolute Gasteiger partial charge is 0.322 e. The highest BCUT2D eigenvalue weighted by atomic mass is 32.2.